The number of thiazole rings is 1. The van der Waals surface area contributed by atoms with Crippen LogP contribution in [0.15, 0.2) is 0 Å². The van der Waals surface area contributed by atoms with Gasteiger partial charge in [-0.3, -0.25) is 4.79 Å². The average Bonchev–Trinajstić information content (AvgIpc) is 2.69. The number of aromatic nitrogens is 1. The molecule has 0 spiro atoms. The van der Waals surface area contributed by atoms with Crippen molar-refractivity contribution in [2.75, 3.05) is 51.4 Å². The molecule has 18 heavy (non-hydrogen) atoms. The van der Waals surface area contributed by atoms with Gasteiger partial charge in [0.2, 0.25) is 0 Å². The lowest BCUT2D eigenvalue weighted by molar-refractivity contribution is 0.0956. The number of nitrogens with one attached hydrogen (secondary N) is 1. The van der Waals surface area contributed by atoms with Gasteiger partial charge in [0.1, 0.15) is 10.7 Å². The van der Waals surface area contributed by atoms with Crippen LogP contribution in [0.3, 0.4) is 0 Å². The molecule has 0 aliphatic carbocycles. The predicted molar refractivity (Wildman–Crippen MR) is 76.4 cm³/mol. The molecular weight excluding hydrogens is 250 g/mol. The minimum atomic E-state index is -0.150. The molecule has 0 unspecified atom stereocenters. The summed E-state index contributed by atoms with van der Waals surface area (Å²) in [6.45, 7) is 4.25. The zero-order chi connectivity index (χ0) is 13.7. The molecule has 0 radical (unpaired) electrons. The highest BCUT2D eigenvalue weighted by Gasteiger charge is 2.17. The second-order valence-electron chi connectivity index (χ2n) is 4.28. The summed E-state index contributed by atoms with van der Waals surface area (Å²) in [4.78, 5) is 20.6. The highest BCUT2D eigenvalue weighted by Crippen LogP contribution is 2.26. The van der Waals surface area contributed by atoms with Gasteiger partial charge in [-0.05, 0) is 21.0 Å². The van der Waals surface area contributed by atoms with E-state index in [2.05, 4.69) is 10.3 Å². The van der Waals surface area contributed by atoms with E-state index >= 15 is 0 Å². The number of carbonyl (C=O) groups is 1. The van der Waals surface area contributed by atoms with Crippen LogP contribution in [0, 0.1) is 0 Å². The molecule has 0 atom stereocenters. The van der Waals surface area contributed by atoms with Crippen molar-refractivity contribution in [2.45, 2.75) is 6.92 Å². The van der Waals surface area contributed by atoms with Crippen LogP contribution in [0.5, 0.6) is 0 Å². The Morgan fingerprint density at radius 2 is 2.11 bits per heavy atom. The maximum atomic E-state index is 11.9. The van der Waals surface area contributed by atoms with E-state index < -0.39 is 0 Å². The summed E-state index contributed by atoms with van der Waals surface area (Å²) in [5.74, 6) is 0.153. The van der Waals surface area contributed by atoms with Crippen LogP contribution in [0.25, 0.3) is 0 Å². The van der Waals surface area contributed by atoms with Crippen LogP contribution in [-0.4, -0.2) is 56.6 Å². The molecular formula is C11H21N5OS. The molecule has 7 heteroatoms. The van der Waals surface area contributed by atoms with Crippen LogP contribution in [0.4, 0.5) is 10.9 Å². The monoisotopic (exact) mass is 271 g/mol. The number of hydrogen-bond donors (Lipinski definition) is 2. The Morgan fingerprint density at radius 3 is 2.67 bits per heavy atom. The fourth-order valence-corrected chi connectivity index (χ4v) is 2.18. The van der Waals surface area contributed by atoms with Gasteiger partial charge in [-0.2, -0.15) is 0 Å². The zero-order valence-electron chi connectivity index (χ0n) is 11.4. The number of nitrogens with zero attached hydrogens (tertiary/aromatic N) is 3. The molecule has 1 aromatic heterocycles. The SMILES string of the molecule is CCN(C)c1nc(N)c(C(=O)NCCN(C)C)s1. The van der Waals surface area contributed by atoms with E-state index in [0.717, 1.165) is 18.2 Å². The molecule has 0 saturated carbocycles. The van der Waals surface area contributed by atoms with Crippen molar-refractivity contribution in [1.29, 1.82) is 0 Å². The molecule has 0 aliphatic rings. The van der Waals surface area contributed by atoms with Gasteiger partial charge in [-0.25, -0.2) is 4.98 Å². The first kappa shape index (κ1) is 14.7. The van der Waals surface area contributed by atoms with E-state index in [1.807, 2.05) is 37.9 Å². The van der Waals surface area contributed by atoms with Gasteiger partial charge in [0, 0.05) is 26.7 Å². The van der Waals surface area contributed by atoms with Gasteiger partial charge in [0.15, 0.2) is 5.13 Å². The first-order valence-electron chi connectivity index (χ1n) is 5.86. The van der Waals surface area contributed by atoms with Crippen molar-refractivity contribution in [2.24, 2.45) is 0 Å². The average molecular weight is 271 g/mol. The lowest BCUT2D eigenvalue weighted by atomic mass is 10.4. The second kappa shape index (κ2) is 6.55. The lowest BCUT2D eigenvalue weighted by Gasteiger charge is -2.11. The minimum absolute atomic E-state index is 0.150. The van der Waals surface area contributed by atoms with Crippen LogP contribution in [-0.2, 0) is 0 Å². The third kappa shape index (κ3) is 3.85. The van der Waals surface area contributed by atoms with E-state index in [0.29, 0.717) is 17.2 Å². The van der Waals surface area contributed by atoms with E-state index in [1.54, 1.807) is 0 Å². The molecule has 6 nitrogen and oxygen atoms in total. The third-order valence-electron chi connectivity index (χ3n) is 2.49. The first-order chi connectivity index (χ1) is 8.45. The van der Waals surface area contributed by atoms with Gasteiger partial charge < -0.3 is 20.9 Å². The van der Waals surface area contributed by atoms with Gasteiger partial charge in [0.25, 0.3) is 5.91 Å². The molecule has 0 aromatic carbocycles. The Morgan fingerprint density at radius 1 is 1.44 bits per heavy atom. The van der Waals surface area contributed by atoms with E-state index in [9.17, 15) is 4.79 Å². The summed E-state index contributed by atoms with van der Waals surface area (Å²) in [5.41, 5.74) is 5.77. The molecule has 3 N–H and O–H groups in total. The van der Waals surface area contributed by atoms with Gasteiger partial charge >= 0.3 is 0 Å². The Hall–Kier alpha value is -1.34. The topological polar surface area (TPSA) is 74.5 Å². The zero-order valence-corrected chi connectivity index (χ0v) is 12.2. The summed E-state index contributed by atoms with van der Waals surface area (Å²) in [6.07, 6.45) is 0. The minimum Gasteiger partial charge on any atom is -0.382 e. The highest BCUT2D eigenvalue weighted by molar-refractivity contribution is 7.18. The van der Waals surface area contributed by atoms with Gasteiger partial charge in [-0.15, -0.1) is 0 Å². The number of nitrogen functional groups attached to an aromatic ring is 1. The first-order valence-corrected chi connectivity index (χ1v) is 6.67. The van der Waals surface area contributed by atoms with E-state index in [1.165, 1.54) is 11.3 Å². The molecule has 102 valence electrons. The molecule has 0 aliphatic heterocycles. The molecule has 0 saturated heterocycles. The molecule has 0 fully saturated rings. The van der Waals surface area contributed by atoms with Crippen LogP contribution < -0.4 is 16.0 Å². The maximum absolute atomic E-state index is 11.9. The fourth-order valence-electron chi connectivity index (χ4n) is 1.25. The summed E-state index contributed by atoms with van der Waals surface area (Å²) in [7, 11) is 5.84. The molecule has 1 rings (SSSR count). The van der Waals surface area contributed by atoms with E-state index in [4.69, 9.17) is 5.73 Å². The predicted octanol–water partition coefficient (Wildman–Crippen LogP) is 0.473. The Balaban J connectivity index is 2.65. The Labute approximate surface area is 112 Å². The van der Waals surface area contributed by atoms with Crippen molar-refractivity contribution in [3.8, 4) is 0 Å². The number of amides is 1. The maximum Gasteiger partial charge on any atom is 0.265 e. The van der Waals surface area contributed by atoms with Crippen molar-refractivity contribution < 1.29 is 4.79 Å². The quantitative estimate of drug-likeness (QED) is 0.787. The van der Waals surface area contributed by atoms with Crippen molar-refractivity contribution in [3.63, 3.8) is 0 Å². The summed E-state index contributed by atoms with van der Waals surface area (Å²) >= 11 is 1.32. The molecule has 0 bridgehead atoms. The van der Waals surface area contributed by atoms with Crippen LogP contribution in [0.2, 0.25) is 0 Å². The molecule has 1 heterocycles. The van der Waals surface area contributed by atoms with Crippen molar-refractivity contribution in [3.05, 3.63) is 4.88 Å². The van der Waals surface area contributed by atoms with Crippen molar-refractivity contribution >= 4 is 28.2 Å². The number of likely N-dealkylation sites (N-methyl/N-ethyl adjacent to an activating group) is 1. The smallest absolute Gasteiger partial charge is 0.265 e. The number of anilines is 2. The Bertz CT molecular complexity index is 404. The number of hydrogen-bond acceptors (Lipinski definition) is 6. The number of rotatable bonds is 6. The van der Waals surface area contributed by atoms with Gasteiger partial charge in [0.05, 0.1) is 0 Å². The fraction of sp³-hybridized carbons (Fsp3) is 0.636. The van der Waals surface area contributed by atoms with Crippen molar-refractivity contribution in [1.82, 2.24) is 15.2 Å². The number of nitrogens with two attached hydrogens (primary N) is 1. The summed E-state index contributed by atoms with van der Waals surface area (Å²) in [6, 6.07) is 0. The van der Waals surface area contributed by atoms with Crippen LogP contribution in [0.1, 0.15) is 16.6 Å². The summed E-state index contributed by atoms with van der Waals surface area (Å²) in [5, 5.41) is 3.60. The standard InChI is InChI=1S/C11H21N5OS/c1-5-16(4)11-14-9(12)8(18-11)10(17)13-6-7-15(2)3/h5-7,12H2,1-4H3,(H,13,17). The summed E-state index contributed by atoms with van der Waals surface area (Å²) < 4.78 is 0. The number of carbonyl (C=O) groups excluding carboxylic acids is 1. The molecule has 1 aromatic rings. The normalized spacial score (nSPS) is 10.7. The van der Waals surface area contributed by atoms with Crippen LogP contribution >= 0.6 is 11.3 Å². The highest BCUT2D eigenvalue weighted by atomic mass is 32.1. The second-order valence-corrected chi connectivity index (χ2v) is 5.26. The third-order valence-corrected chi connectivity index (χ3v) is 3.68. The largest absolute Gasteiger partial charge is 0.382 e. The van der Waals surface area contributed by atoms with Gasteiger partial charge in [-0.1, -0.05) is 11.3 Å². The Kier molecular flexibility index (Phi) is 5.36. The lowest BCUT2D eigenvalue weighted by Crippen LogP contribution is -2.31. The van der Waals surface area contributed by atoms with E-state index in [-0.39, 0.29) is 5.91 Å². The molecule has 1 amide bonds.